The molecule has 1 aliphatic rings. The predicted molar refractivity (Wildman–Crippen MR) is 73.2 cm³/mol. The normalized spacial score (nSPS) is 28.2. The van der Waals surface area contributed by atoms with Gasteiger partial charge in [0, 0.05) is 19.1 Å². The van der Waals surface area contributed by atoms with Crippen LogP contribution in [-0.2, 0) is 0 Å². The Morgan fingerprint density at radius 1 is 1.41 bits per heavy atom. The van der Waals surface area contributed by atoms with Gasteiger partial charge in [-0.3, -0.25) is 0 Å². The maximum atomic E-state index is 9.34. The number of aliphatic hydroxyl groups excluding tert-OH is 1. The summed E-state index contributed by atoms with van der Waals surface area (Å²) < 4.78 is 0. The number of rotatable bonds is 7. The van der Waals surface area contributed by atoms with Gasteiger partial charge in [-0.1, -0.05) is 20.3 Å². The molecule has 1 heterocycles. The fraction of sp³-hybridized carbons (Fsp3) is 1.00. The number of nitrogens with one attached hydrogen (secondary N) is 1. The molecule has 0 aliphatic carbocycles. The Bertz CT molecular complexity index is 197. The summed E-state index contributed by atoms with van der Waals surface area (Å²) in [6.45, 7) is 11.0. The molecule has 102 valence electrons. The van der Waals surface area contributed by atoms with E-state index in [1.807, 2.05) is 6.92 Å². The molecule has 0 bridgehead atoms. The molecule has 0 amide bonds. The van der Waals surface area contributed by atoms with Crippen molar-refractivity contribution >= 4 is 0 Å². The monoisotopic (exact) mass is 242 g/mol. The Morgan fingerprint density at radius 2 is 2.18 bits per heavy atom. The molecule has 1 aliphatic heterocycles. The van der Waals surface area contributed by atoms with Crippen LogP contribution >= 0.6 is 0 Å². The lowest BCUT2D eigenvalue weighted by Gasteiger charge is -2.39. The summed E-state index contributed by atoms with van der Waals surface area (Å²) in [7, 11) is 0. The van der Waals surface area contributed by atoms with Gasteiger partial charge in [0.15, 0.2) is 0 Å². The molecule has 1 rings (SSSR count). The minimum atomic E-state index is -0.161. The third-order valence-electron chi connectivity index (χ3n) is 3.86. The molecule has 0 saturated carbocycles. The van der Waals surface area contributed by atoms with Gasteiger partial charge in [0.05, 0.1) is 6.10 Å². The number of hydrogen-bond donors (Lipinski definition) is 2. The summed E-state index contributed by atoms with van der Waals surface area (Å²) in [5.41, 5.74) is 0. The first-order valence-electron chi connectivity index (χ1n) is 7.31. The lowest BCUT2D eigenvalue weighted by Crippen LogP contribution is -2.49. The number of nitrogens with zero attached hydrogens (tertiary/aromatic N) is 1. The van der Waals surface area contributed by atoms with Crippen LogP contribution < -0.4 is 5.32 Å². The maximum Gasteiger partial charge on any atom is 0.0524 e. The lowest BCUT2D eigenvalue weighted by atomic mass is 9.89. The first-order chi connectivity index (χ1) is 8.17. The van der Waals surface area contributed by atoms with Gasteiger partial charge < -0.3 is 15.3 Å². The van der Waals surface area contributed by atoms with Gasteiger partial charge in [0.2, 0.25) is 0 Å². The fourth-order valence-corrected chi connectivity index (χ4v) is 2.69. The van der Waals surface area contributed by atoms with Crippen molar-refractivity contribution in [3.05, 3.63) is 0 Å². The van der Waals surface area contributed by atoms with Crippen LogP contribution in [0.15, 0.2) is 0 Å². The Hall–Kier alpha value is -0.120. The van der Waals surface area contributed by atoms with Crippen molar-refractivity contribution in [3.63, 3.8) is 0 Å². The average Bonchev–Trinajstić information content (AvgIpc) is 2.34. The molecule has 17 heavy (non-hydrogen) atoms. The molecule has 2 N–H and O–H groups in total. The van der Waals surface area contributed by atoms with E-state index in [-0.39, 0.29) is 6.10 Å². The predicted octanol–water partition coefficient (Wildman–Crippen LogP) is 1.86. The molecule has 1 saturated heterocycles. The van der Waals surface area contributed by atoms with Crippen molar-refractivity contribution in [3.8, 4) is 0 Å². The van der Waals surface area contributed by atoms with E-state index < -0.39 is 0 Å². The van der Waals surface area contributed by atoms with E-state index in [4.69, 9.17) is 0 Å². The smallest absolute Gasteiger partial charge is 0.0524 e. The number of aliphatic hydroxyl groups is 1. The van der Waals surface area contributed by atoms with E-state index >= 15 is 0 Å². The van der Waals surface area contributed by atoms with Gasteiger partial charge in [-0.25, -0.2) is 0 Å². The second-order valence-corrected chi connectivity index (χ2v) is 5.46. The SMILES string of the molecule is CCCNC1CCN(CCC(C)O)CC1CC. The highest BCUT2D eigenvalue weighted by Crippen LogP contribution is 2.20. The minimum Gasteiger partial charge on any atom is -0.393 e. The molecule has 3 nitrogen and oxygen atoms in total. The molecule has 0 aromatic rings. The third-order valence-corrected chi connectivity index (χ3v) is 3.86. The van der Waals surface area contributed by atoms with Crippen LogP contribution in [0.1, 0.15) is 46.5 Å². The quantitative estimate of drug-likeness (QED) is 0.715. The highest BCUT2D eigenvalue weighted by molar-refractivity contribution is 4.84. The minimum absolute atomic E-state index is 0.161. The van der Waals surface area contributed by atoms with Gasteiger partial charge in [0.1, 0.15) is 0 Å². The molecule has 3 unspecified atom stereocenters. The molecule has 3 heteroatoms. The van der Waals surface area contributed by atoms with Crippen molar-refractivity contribution in [2.75, 3.05) is 26.2 Å². The topological polar surface area (TPSA) is 35.5 Å². The molecule has 1 fully saturated rings. The van der Waals surface area contributed by atoms with E-state index in [9.17, 15) is 5.11 Å². The van der Waals surface area contributed by atoms with Crippen molar-refractivity contribution < 1.29 is 5.11 Å². The first-order valence-corrected chi connectivity index (χ1v) is 7.31. The molecule has 0 radical (unpaired) electrons. The van der Waals surface area contributed by atoms with Gasteiger partial charge in [0.25, 0.3) is 0 Å². The Kier molecular flexibility index (Phi) is 7.09. The van der Waals surface area contributed by atoms with Gasteiger partial charge in [-0.2, -0.15) is 0 Å². The Balaban J connectivity index is 2.32. The van der Waals surface area contributed by atoms with Crippen LogP contribution in [0, 0.1) is 5.92 Å². The zero-order valence-electron chi connectivity index (χ0n) is 11.8. The summed E-state index contributed by atoms with van der Waals surface area (Å²) in [4.78, 5) is 2.52. The van der Waals surface area contributed by atoms with E-state index in [0.29, 0.717) is 6.04 Å². The Morgan fingerprint density at radius 3 is 2.76 bits per heavy atom. The summed E-state index contributed by atoms with van der Waals surface area (Å²) in [6.07, 6.45) is 4.48. The van der Waals surface area contributed by atoms with Gasteiger partial charge >= 0.3 is 0 Å². The summed E-state index contributed by atoms with van der Waals surface area (Å²) in [5.74, 6) is 0.782. The first kappa shape index (κ1) is 14.9. The molecule has 0 aromatic carbocycles. The molecule has 0 spiro atoms. The molecular formula is C14H30N2O. The van der Waals surface area contributed by atoms with Crippen molar-refractivity contribution in [1.29, 1.82) is 0 Å². The number of likely N-dealkylation sites (tertiary alicyclic amines) is 1. The van der Waals surface area contributed by atoms with Crippen LogP contribution in [0.2, 0.25) is 0 Å². The van der Waals surface area contributed by atoms with Crippen molar-refractivity contribution in [1.82, 2.24) is 10.2 Å². The molecular weight excluding hydrogens is 212 g/mol. The van der Waals surface area contributed by atoms with Crippen LogP contribution in [0.5, 0.6) is 0 Å². The van der Waals surface area contributed by atoms with E-state index in [1.54, 1.807) is 0 Å². The number of piperidine rings is 1. The van der Waals surface area contributed by atoms with Crippen LogP contribution in [0.3, 0.4) is 0 Å². The summed E-state index contributed by atoms with van der Waals surface area (Å²) in [6, 6.07) is 0.711. The molecule has 0 aromatic heterocycles. The zero-order valence-corrected chi connectivity index (χ0v) is 11.8. The zero-order chi connectivity index (χ0) is 12.7. The Labute approximate surface area is 107 Å². The van der Waals surface area contributed by atoms with Gasteiger partial charge in [-0.05, 0) is 45.2 Å². The standard InChI is InChI=1S/C14H30N2O/c1-4-8-15-14-7-10-16(9-6-12(3)17)11-13(14)5-2/h12-15,17H,4-11H2,1-3H3. The van der Waals surface area contributed by atoms with E-state index in [1.165, 1.54) is 32.4 Å². The second-order valence-electron chi connectivity index (χ2n) is 5.46. The summed E-state index contributed by atoms with van der Waals surface area (Å²) in [5, 5.41) is 13.0. The van der Waals surface area contributed by atoms with Gasteiger partial charge in [-0.15, -0.1) is 0 Å². The summed E-state index contributed by atoms with van der Waals surface area (Å²) >= 11 is 0. The van der Waals surface area contributed by atoms with Crippen LogP contribution in [0.25, 0.3) is 0 Å². The van der Waals surface area contributed by atoms with Crippen molar-refractivity contribution in [2.24, 2.45) is 5.92 Å². The third kappa shape index (κ3) is 5.36. The maximum absolute atomic E-state index is 9.34. The average molecular weight is 242 g/mol. The van der Waals surface area contributed by atoms with E-state index in [2.05, 4.69) is 24.1 Å². The highest BCUT2D eigenvalue weighted by Gasteiger charge is 2.27. The number of hydrogen-bond acceptors (Lipinski definition) is 3. The fourth-order valence-electron chi connectivity index (χ4n) is 2.69. The lowest BCUT2D eigenvalue weighted by molar-refractivity contribution is 0.108. The van der Waals surface area contributed by atoms with Crippen LogP contribution in [-0.4, -0.2) is 48.3 Å². The van der Waals surface area contributed by atoms with E-state index in [0.717, 1.165) is 25.4 Å². The highest BCUT2D eigenvalue weighted by atomic mass is 16.3. The largest absolute Gasteiger partial charge is 0.393 e. The van der Waals surface area contributed by atoms with Crippen LogP contribution in [0.4, 0.5) is 0 Å². The van der Waals surface area contributed by atoms with Crippen molar-refractivity contribution in [2.45, 2.75) is 58.6 Å². The molecule has 3 atom stereocenters. The second kappa shape index (κ2) is 8.06.